The lowest BCUT2D eigenvalue weighted by atomic mass is 9.96. The lowest BCUT2D eigenvalue weighted by Gasteiger charge is -2.34. The van der Waals surface area contributed by atoms with E-state index in [1.54, 1.807) is 11.0 Å². The molecule has 0 aromatic carbocycles. The van der Waals surface area contributed by atoms with Gasteiger partial charge >= 0.3 is 0 Å². The smallest absolute Gasteiger partial charge is 0.227 e. The molecular weight excluding hydrogens is 306 g/mol. The number of hydrogen-bond donors (Lipinski definition) is 0. The van der Waals surface area contributed by atoms with Crippen LogP contribution in [0.5, 0.6) is 0 Å². The van der Waals surface area contributed by atoms with Gasteiger partial charge in [-0.05, 0) is 25.7 Å². The first-order chi connectivity index (χ1) is 11.8. The fourth-order valence-electron chi connectivity index (χ4n) is 3.54. The Morgan fingerprint density at radius 2 is 1.88 bits per heavy atom. The lowest BCUT2D eigenvalue weighted by molar-refractivity contribution is -0.134. The first kappa shape index (κ1) is 15.0. The van der Waals surface area contributed by atoms with Gasteiger partial charge in [0.25, 0.3) is 0 Å². The Morgan fingerprint density at radius 1 is 1.04 bits per heavy atom. The van der Waals surface area contributed by atoms with E-state index in [9.17, 15) is 4.79 Å². The molecule has 2 fully saturated rings. The molecule has 0 aliphatic carbocycles. The van der Waals surface area contributed by atoms with Crippen molar-refractivity contribution in [1.29, 1.82) is 0 Å². The van der Waals surface area contributed by atoms with E-state index in [2.05, 4.69) is 25.0 Å². The number of carbonyl (C=O) groups excluding carboxylic acids is 1. The van der Waals surface area contributed by atoms with E-state index < -0.39 is 0 Å². The minimum atomic E-state index is 0.0710. The number of amides is 1. The predicted molar refractivity (Wildman–Crippen MR) is 87.7 cm³/mol. The number of rotatable bonds is 3. The van der Waals surface area contributed by atoms with Crippen molar-refractivity contribution < 1.29 is 4.79 Å². The maximum absolute atomic E-state index is 12.7. The van der Waals surface area contributed by atoms with Crippen molar-refractivity contribution in [2.24, 2.45) is 5.92 Å². The van der Waals surface area contributed by atoms with E-state index in [1.165, 1.54) is 12.7 Å². The van der Waals surface area contributed by atoms with Gasteiger partial charge in [0.2, 0.25) is 5.91 Å². The molecule has 0 saturated carbocycles. The van der Waals surface area contributed by atoms with Crippen LogP contribution in [0.1, 0.15) is 25.7 Å². The van der Waals surface area contributed by atoms with Crippen LogP contribution < -0.4 is 4.90 Å². The second kappa shape index (κ2) is 6.54. The standard InChI is InChI=1S/C16H21N7O/c24-16(21-5-1-2-6-21)13-4-3-7-22(9-13)14-8-15(19-11-18-14)23-12-17-10-20-23/h8,10-13H,1-7,9H2. The number of anilines is 1. The quantitative estimate of drug-likeness (QED) is 0.833. The molecule has 2 aromatic rings. The van der Waals surface area contributed by atoms with Crippen LogP contribution in [0.4, 0.5) is 5.82 Å². The van der Waals surface area contributed by atoms with Gasteiger partial charge in [-0.25, -0.2) is 19.6 Å². The van der Waals surface area contributed by atoms with E-state index in [0.717, 1.165) is 57.7 Å². The van der Waals surface area contributed by atoms with Crippen molar-refractivity contribution in [2.75, 3.05) is 31.1 Å². The Hall–Kier alpha value is -2.51. The van der Waals surface area contributed by atoms with Gasteiger partial charge in [0.05, 0.1) is 5.92 Å². The summed E-state index contributed by atoms with van der Waals surface area (Å²) in [7, 11) is 0. The van der Waals surface area contributed by atoms with Crippen molar-refractivity contribution in [3.63, 3.8) is 0 Å². The molecule has 4 rings (SSSR count). The van der Waals surface area contributed by atoms with Crippen LogP contribution in [-0.4, -0.2) is 61.7 Å². The Morgan fingerprint density at radius 3 is 2.67 bits per heavy atom. The molecule has 0 spiro atoms. The summed E-state index contributed by atoms with van der Waals surface area (Å²) in [5.74, 6) is 1.91. The Balaban J connectivity index is 1.50. The first-order valence-electron chi connectivity index (χ1n) is 8.52. The van der Waals surface area contributed by atoms with Gasteiger partial charge < -0.3 is 9.80 Å². The Labute approximate surface area is 140 Å². The summed E-state index contributed by atoms with van der Waals surface area (Å²) in [5.41, 5.74) is 0. The molecule has 1 amide bonds. The van der Waals surface area contributed by atoms with Crippen LogP contribution in [0.2, 0.25) is 0 Å². The van der Waals surface area contributed by atoms with E-state index in [4.69, 9.17) is 0 Å². The monoisotopic (exact) mass is 327 g/mol. The lowest BCUT2D eigenvalue weighted by Crippen LogP contribution is -2.44. The second-order valence-corrected chi connectivity index (χ2v) is 6.39. The van der Waals surface area contributed by atoms with Gasteiger partial charge in [-0.15, -0.1) is 0 Å². The zero-order chi connectivity index (χ0) is 16.4. The molecule has 126 valence electrons. The van der Waals surface area contributed by atoms with Crippen LogP contribution in [0.25, 0.3) is 5.82 Å². The first-order valence-corrected chi connectivity index (χ1v) is 8.52. The molecule has 1 atom stereocenters. The summed E-state index contributed by atoms with van der Waals surface area (Å²) in [6.07, 6.45) is 8.87. The van der Waals surface area contributed by atoms with Crippen molar-refractivity contribution in [3.05, 3.63) is 25.0 Å². The van der Waals surface area contributed by atoms with Gasteiger partial charge in [0.15, 0.2) is 5.82 Å². The SMILES string of the molecule is O=C(C1CCCN(c2cc(-n3cncn3)ncn2)C1)N1CCCC1. The van der Waals surface area contributed by atoms with Crippen LogP contribution in [0.15, 0.2) is 25.0 Å². The number of piperidine rings is 1. The largest absolute Gasteiger partial charge is 0.356 e. The van der Waals surface area contributed by atoms with Crippen molar-refractivity contribution in [2.45, 2.75) is 25.7 Å². The number of likely N-dealkylation sites (tertiary alicyclic amines) is 1. The molecule has 0 radical (unpaired) electrons. The van der Waals surface area contributed by atoms with E-state index in [-0.39, 0.29) is 5.92 Å². The molecule has 0 bridgehead atoms. The maximum Gasteiger partial charge on any atom is 0.227 e. The van der Waals surface area contributed by atoms with Crippen LogP contribution in [0, 0.1) is 5.92 Å². The van der Waals surface area contributed by atoms with Crippen molar-refractivity contribution >= 4 is 11.7 Å². The highest BCUT2D eigenvalue weighted by atomic mass is 16.2. The van der Waals surface area contributed by atoms with Crippen molar-refractivity contribution in [1.82, 2.24) is 29.6 Å². The number of nitrogens with zero attached hydrogens (tertiary/aromatic N) is 7. The molecular formula is C16H21N7O. The summed E-state index contributed by atoms with van der Waals surface area (Å²) >= 11 is 0. The fraction of sp³-hybridized carbons (Fsp3) is 0.562. The fourth-order valence-corrected chi connectivity index (χ4v) is 3.54. The van der Waals surface area contributed by atoms with Gasteiger partial charge in [-0.1, -0.05) is 0 Å². The topological polar surface area (TPSA) is 80.0 Å². The second-order valence-electron chi connectivity index (χ2n) is 6.39. The normalized spacial score (nSPS) is 21.2. The highest BCUT2D eigenvalue weighted by Gasteiger charge is 2.31. The molecule has 2 saturated heterocycles. The Kier molecular flexibility index (Phi) is 4.10. The zero-order valence-electron chi connectivity index (χ0n) is 13.6. The summed E-state index contributed by atoms with van der Waals surface area (Å²) in [4.78, 5) is 29.5. The minimum Gasteiger partial charge on any atom is -0.356 e. The molecule has 24 heavy (non-hydrogen) atoms. The Bertz CT molecular complexity index is 696. The summed E-state index contributed by atoms with van der Waals surface area (Å²) in [6.45, 7) is 3.47. The van der Waals surface area contributed by atoms with E-state index in [1.807, 2.05) is 11.0 Å². The molecule has 8 heteroatoms. The minimum absolute atomic E-state index is 0.0710. The average Bonchev–Trinajstić information content (AvgIpc) is 3.35. The van der Waals surface area contributed by atoms with Crippen LogP contribution in [-0.2, 0) is 4.79 Å². The molecule has 0 N–H and O–H groups in total. The average molecular weight is 327 g/mol. The van der Waals surface area contributed by atoms with Gasteiger partial charge in [0.1, 0.15) is 24.8 Å². The van der Waals surface area contributed by atoms with Gasteiger partial charge in [0, 0.05) is 32.2 Å². The van der Waals surface area contributed by atoms with E-state index >= 15 is 0 Å². The van der Waals surface area contributed by atoms with Gasteiger partial charge in [-0.3, -0.25) is 4.79 Å². The maximum atomic E-state index is 12.7. The summed E-state index contributed by atoms with van der Waals surface area (Å²) in [5, 5.41) is 4.10. The molecule has 4 heterocycles. The third kappa shape index (κ3) is 2.95. The number of hydrogen-bond acceptors (Lipinski definition) is 6. The number of aromatic nitrogens is 5. The molecule has 2 aromatic heterocycles. The third-order valence-corrected chi connectivity index (χ3v) is 4.80. The van der Waals surface area contributed by atoms with Crippen LogP contribution in [0.3, 0.4) is 0 Å². The predicted octanol–water partition coefficient (Wildman–Crippen LogP) is 0.896. The summed E-state index contributed by atoms with van der Waals surface area (Å²) < 4.78 is 1.61. The molecule has 2 aliphatic heterocycles. The van der Waals surface area contributed by atoms with Crippen LogP contribution >= 0.6 is 0 Å². The summed E-state index contributed by atoms with van der Waals surface area (Å²) in [6, 6.07) is 1.90. The third-order valence-electron chi connectivity index (χ3n) is 4.80. The highest BCUT2D eigenvalue weighted by Crippen LogP contribution is 2.25. The molecule has 8 nitrogen and oxygen atoms in total. The van der Waals surface area contributed by atoms with Crippen molar-refractivity contribution in [3.8, 4) is 5.82 Å². The molecule has 2 aliphatic rings. The van der Waals surface area contributed by atoms with Gasteiger partial charge in [-0.2, -0.15) is 5.10 Å². The highest BCUT2D eigenvalue weighted by molar-refractivity contribution is 5.80. The molecule has 1 unspecified atom stereocenters. The number of carbonyl (C=O) groups is 1. The zero-order valence-corrected chi connectivity index (χ0v) is 13.6. The van der Waals surface area contributed by atoms with E-state index in [0.29, 0.717) is 11.7 Å².